The second-order valence-corrected chi connectivity index (χ2v) is 9.32. The van der Waals surface area contributed by atoms with Gasteiger partial charge in [-0.2, -0.15) is 0 Å². The first-order valence-corrected chi connectivity index (χ1v) is 10.9. The summed E-state index contributed by atoms with van der Waals surface area (Å²) in [4.78, 5) is 6.40. The number of sulfonamides is 1. The molecule has 3 N–H and O–H groups in total. The number of aliphatic imine (C=N–C) groups is 1. The molecule has 0 atom stereocenters. The molecule has 0 spiro atoms. The lowest BCUT2D eigenvalue weighted by Crippen LogP contribution is -2.55. The number of nitrogens with one attached hydrogen (secondary N) is 3. The first kappa shape index (κ1) is 21.4. The molecule has 0 radical (unpaired) electrons. The van der Waals surface area contributed by atoms with E-state index in [1.807, 2.05) is 19.9 Å². The van der Waals surface area contributed by atoms with Crippen LogP contribution in [0, 0.1) is 5.82 Å². The molecule has 1 aliphatic rings. The molecule has 1 saturated heterocycles. The highest BCUT2D eigenvalue weighted by Crippen LogP contribution is 2.20. The average molecular weight is 400 g/mol. The molecule has 0 aliphatic carbocycles. The number of hydrogen-bond donors (Lipinski definition) is 3. The lowest BCUT2D eigenvalue weighted by atomic mass is 10.0. The van der Waals surface area contributed by atoms with Gasteiger partial charge in [0.1, 0.15) is 5.82 Å². The smallest absolute Gasteiger partial charge is 0.209 e. The largest absolute Gasteiger partial charge is 0.371 e. The number of halogens is 1. The van der Waals surface area contributed by atoms with E-state index in [0.29, 0.717) is 12.5 Å². The van der Waals surface area contributed by atoms with Gasteiger partial charge in [0.2, 0.25) is 10.0 Å². The number of benzene rings is 1. The molecule has 1 aliphatic heterocycles. The van der Waals surface area contributed by atoms with E-state index in [0.717, 1.165) is 37.9 Å². The highest BCUT2D eigenvalue weighted by Gasteiger charge is 2.24. The van der Waals surface area contributed by atoms with Crippen molar-refractivity contribution in [3.8, 4) is 0 Å². The summed E-state index contributed by atoms with van der Waals surface area (Å²) in [6, 6.07) is 6.92. The third-order valence-corrected chi connectivity index (χ3v) is 5.32. The molecule has 0 unspecified atom stereocenters. The average Bonchev–Trinajstić information content (AvgIpc) is 2.57. The third kappa shape index (κ3) is 7.34. The molecule has 0 aromatic heterocycles. The summed E-state index contributed by atoms with van der Waals surface area (Å²) < 4.78 is 38.9. The summed E-state index contributed by atoms with van der Waals surface area (Å²) in [5, 5.41) is 6.56. The molecule has 1 aromatic rings. The molecule has 9 heteroatoms. The summed E-state index contributed by atoms with van der Waals surface area (Å²) >= 11 is 0. The molecule has 1 heterocycles. The van der Waals surface area contributed by atoms with Crippen molar-refractivity contribution in [2.75, 3.05) is 37.8 Å². The fraction of sp³-hybridized carbons (Fsp3) is 0.611. The zero-order chi connectivity index (χ0) is 20.1. The number of hydrogen-bond acceptors (Lipinski definition) is 4. The van der Waals surface area contributed by atoms with E-state index < -0.39 is 15.6 Å². The van der Waals surface area contributed by atoms with Crippen molar-refractivity contribution < 1.29 is 12.8 Å². The van der Waals surface area contributed by atoms with E-state index in [9.17, 15) is 12.8 Å². The summed E-state index contributed by atoms with van der Waals surface area (Å²) in [7, 11) is -1.59. The van der Waals surface area contributed by atoms with Crippen LogP contribution in [0.25, 0.3) is 0 Å². The summed E-state index contributed by atoms with van der Waals surface area (Å²) in [6.45, 7) is 5.69. The fourth-order valence-electron chi connectivity index (χ4n) is 3.19. The van der Waals surface area contributed by atoms with Crippen LogP contribution in [-0.2, 0) is 10.0 Å². The van der Waals surface area contributed by atoms with E-state index in [1.54, 1.807) is 19.2 Å². The van der Waals surface area contributed by atoms with Crippen molar-refractivity contribution in [2.24, 2.45) is 4.99 Å². The molecule has 0 amide bonds. The van der Waals surface area contributed by atoms with Crippen molar-refractivity contribution in [1.29, 1.82) is 0 Å². The minimum absolute atomic E-state index is 0.220. The normalized spacial score (nSPS) is 17.1. The van der Waals surface area contributed by atoms with Crippen molar-refractivity contribution in [3.63, 3.8) is 0 Å². The van der Waals surface area contributed by atoms with E-state index in [1.165, 1.54) is 6.07 Å². The second kappa shape index (κ2) is 8.88. The standard InChI is InChI=1S/C18H30FN5O2S/c1-18(2,23-27(4,25)26)13-21-17(20-3)22-15-8-10-24(11-9-15)16-7-5-6-14(19)12-16/h5-7,12,15,23H,8-11,13H2,1-4H3,(H2,20,21,22). The Balaban J connectivity index is 1.82. The molecule has 0 bridgehead atoms. The quantitative estimate of drug-likeness (QED) is 0.496. The van der Waals surface area contributed by atoms with Gasteiger partial charge in [0.05, 0.1) is 6.26 Å². The first-order chi connectivity index (χ1) is 12.6. The van der Waals surface area contributed by atoms with Crippen LogP contribution in [0.2, 0.25) is 0 Å². The summed E-state index contributed by atoms with van der Waals surface area (Å²) in [6.07, 6.45) is 2.96. The van der Waals surface area contributed by atoms with Crippen molar-refractivity contribution in [1.82, 2.24) is 15.4 Å². The molecule has 0 saturated carbocycles. The Morgan fingerprint density at radius 1 is 1.33 bits per heavy atom. The van der Waals surface area contributed by atoms with Gasteiger partial charge in [0.15, 0.2) is 5.96 Å². The zero-order valence-electron chi connectivity index (χ0n) is 16.4. The van der Waals surface area contributed by atoms with E-state index in [-0.39, 0.29) is 11.9 Å². The maximum Gasteiger partial charge on any atom is 0.209 e. The van der Waals surface area contributed by atoms with Gasteiger partial charge in [-0.25, -0.2) is 17.5 Å². The Hall–Kier alpha value is -1.87. The van der Waals surface area contributed by atoms with Crippen molar-refractivity contribution in [3.05, 3.63) is 30.1 Å². The minimum atomic E-state index is -3.28. The molecule has 1 fully saturated rings. The fourth-order valence-corrected chi connectivity index (χ4v) is 4.26. The molecule has 7 nitrogen and oxygen atoms in total. The Morgan fingerprint density at radius 2 is 2.00 bits per heavy atom. The van der Waals surface area contributed by atoms with E-state index in [2.05, 4.69) is 25.2 Å². The Bertz CT molecular complexity index is 759. The lowest BCUT2D eigenvalue weighted by molar-refractivity contribution is 0.434. The SMILES string of the molecule is CN=C(NCC(C)(C)NS(C)(=O)=O)NC1CCN(c2cccc(F)c2)CC1. The Labute approximate surface area is 161 Å². The number of rotatable bonds is 6. The van der Waals surface area contributed by atoms with E-state index in [4.69, 9.17) is 0 Å². The number of guanidine groups is 1. The van der Waals surface area contributed by atoms with Gasteiger partial charge in [-0.15, -0.1) is 0 Å². The van der Waals surface area contributed by atoms with Gasteiger partial charge in [0.25, 0.3) is 0 Å². The van der Waals surface area contributed by atoms with Gasteiger partial charge in [0, 0.05) is 44.0 Å². The van der Waals surface area contributed by atoms with Gasteiger partial charge >= 0.3 is 0 Å². The second-order valence-electron chi connectivity index (χ2n) is 7.57. The van der Waals surface area contributed by atoms with Gasteiger partial charge < -0.3 is 15.5 Å². The van der Waals surface area contributed by atoms with Crippen molar-refractivity contribution >= 4 is 21.7 Å². The maximum atomic E-state index is 13.4. The molecule has 27 heavy (non-hydrogen) atoms. The number of piperidine rings is 1. The van der Waals surface area contributed by atoms with Crippen LogP contribution in [0.3, 0.4) is 0 Å². The topological polar surface area (TPSA) is 85.8 Å². The molecule has 2 rings (SSSR count). The Kier molecular flexibility index (Phi) is 7.05. The zero-order valence-corrected chi connectivity index (χ0v) is 17.2. The summed E-state index contributed by atoms with van der Waals surface area (Å²) in [5.41, 5.74) is 0.274. The van der Waals surface area contributed by atoms with Gasteiger partial charge in [-0.1, -0.05) is 6.07 Å². The predicted molar refractivity (Wildman–Crippen MR) is 108 cm³/mol. The predicted octanol–water partition coefficient (Wildman–Crippen LogP) is 1.29. The van der Waals surface area contributed by atoms with Crippen LogP contribution < -0.4 is 20.3 Å². The van der Waals surface area contributed by atoms with E-state index >= 15 is 0 Å². The first-order valence-electron chi connectivity index (χ1n) is 9.05. The van der Waals surface area contributed by atoms with Crippen LogP contribution in [0.5, 0.6) is 0 Å². The van der Waals surface area contributed by atoms with Crippen LogP contribution >= 0.6 is 0 Å². The number of nitrogens with zero attached hydrogens (tertiary/aromatic N) is 2. The molecule has 152 valence electrons. The highest BCUT2D eigenvalue weighted by molar-refractivity contribution is 7.88. The van der Waals surface area contributed by atoms with Gasteiger partial charge in [-0.05, 0) is 44.9 Å². The Morgan fingerprint density at radius 3 is 2.56 bits per heavy atom. The minimum Gasteiger partial charge on any atom is -0.371 e. The number of anilines is 1. The van der Waals surface area contributed by atoms with Crippen LogP contribution in [-0.4, -0.2) is 58.9 Å². The van der Waals surface area contributed by atoms with Crippen LogP contribution in [0.4, 0.5) is 10.1 Å². The maximum absolute atomic E-state index is 13.4. The molecular formula is C18H30FN5O2S. The highest BCUT2D eigenvalue weighted by atomic mass is 32.2. The third-order valence-electron chi connectivity index (χ3n) is 4.39. The molecule has 1 aromatic carbocycles. The lowest BCUT2D eigenvalue weighted by Gasteiger charge is -2.35. The van der Waals surface area contributed by atoms with Gasteiger partial charge in [-0.3, -0.25) is 4.99 Å². The van der Waals surface area contributed by atoms with Crippen LogP contribution in [0.15, 0.2) is 29.3 Å². The van der Waals surface area contributed by atoms with Crippen LogP contribution in [0.1, 0.15) is 26.7 Å². The summed E-state index contributed by atoms with van der Waals surface area (Å²) in [5.74, 6) is 0.422. The van der Waals surface area contributed by atoms with Crippen molar-refractivity contribution in [2.45, 2.75) is 38.3 Å². The molecular weight excluding hydrogens is 369 g/mol. The monoisotopic (exact) mass is 399 g/mol.